The number of rotatable bonds is 7. The molecule has 2 aromatic carbocycles. The van der Waals surface area contributed by atoms with Crippen molar-refractivity contribution < 1.29 is 29.4 Å². The molecule has 0 radical (unpaired) electrons. The molecule has 1 aliphatic carbocycles. The summed E-state index contributed by atoms with van der Waals surface area (Å²) in [7, 11) is 0. The Balaban J connectivity index is 1.88. The Labute approximate surface area is 197 Å². The second kappa shape index (κ2) is 9.35. The maximum Gasteiger partial charge on any atom is 0.328 e. The standard InChI is InChI=1S/C26H26N2O6/c1-25(2)15-26(3,16-4-6-17(7-5-16)27-21(29)10-12-23(31)32)20-14-18(8-9-19(20)25)28-22(30)11-13-24(33)34/h4-14H,15H2,1-3H3,(H,27,29)(H,28,30)(H,31,32)(H,33,34)/b12-10-,13-11-. The third-order valence-corrected chi connectivity index (χ3v) is 5.95. The topological polar surface area (TPSA) is 133 Å². The van der Waals surface area contributed by atoms with E-state index in [9.17, 15) is 19.2 Å². The second-order valence-corrected chi connectivity index (χ2v) is 9.05. The Morgan fingerprint density at radius 3 is 1.76 bits per heavy atom. The smallest absolute Gasteiger partial charge is 0.328 e. The number of carboxylic acid groups (broad SMARTS) is 2. The van der Waals surface area contributed by atoms with Crippen molar-refractivity contribution in [1.82, 2.24) is 0 Å². The van der Waals surface area contributed by atoms with Crippen LogP contribution in [0.4, 0.5) is 11.4 Å². The van der Waals surface area contributed by atoms with Crippen molar-refractivity contribution >= 4 is 35.1 Å². The van der Waals surface area contributed by atoms with Crippen LogP contribution < -0.4 is 10.6 Å². The van der Waals surface area contributed by atoms with Gasteiger partial charge < -0.3 is 20.8 Å². The van der Waals surface area contributed by atoms with Crippen LogP contribution in [0.15, 0.2) is 66.8 Å². The summed E-state index contributed by atoms with van der Waals surface area (Å²) in [6, 6.07) is 13.1. The Morgan fingerprint density at radius 1 is 0.735 bits per heavy atom. The minimum absolute atomic E-state index is 0.121. The lowest BCUT2D eigenvalue weighted by Crippen LogP contribution is -2.23. The highest BCUT2D eigenvalue weighted by molar-refractivity contribution is 6.03. The SMILES string of the molecule is CC1(C)CC(C)(c2ccc(NC(=O)/C=C\C(=O)O)cc2)c2cc(NC(=O)/C=C\C(=O)O)ccc21. The second-order valence-electron chi connectivity index (χ2n) is 9.05. The average molecular weight is 463 g/mol. The lowest BCUT2D eigenvalue weighted by molar-refractivity contribution is -0.132. The molecule has 0 heterocycles. The van der Waals surface area contributed by atoms with Crippen LogP contribution in [-0.4, -0.2) is 34.0 Å². The summed E-state index contributed by atoms with van der Waals surface area (Å²) in [4.78, 5) is 45.1. The van der Waals surface area contributed by atoms with Gasteiger partial charge in [0.05, 0.1) is 0 Å². The third-order valence-electron chi connectivity index (χ3n) is 5.95. The van der Waals surface area contributed by atoms with Crippen molar-refractivity contribution in [3.63, 3.8) is 0 Å². The number of amides is 2. The number of carbonyl (C=O) groups is 4. The first-order valence-electron chi connectivity index (χ1n) is 10.6. The Kier molecular flexibility index (Phi) is 6.72. The molecule has 1 aliphatic rings. The monoisotopic (exact) mass is 462 g/mol. The zero-order chi connectivity index (χ0) is 25.1. The van der Waals surface area contributed by atoms with E-state index in [4.69, 9.17) is 10.2 Å². The van der Waals surface area contributed by atoms with Gasteiger partial charge in [-0.05, 0) is 52.8 Å². The fourth-order valence-electron chi connectivity index (χ4n) is 4.58. The van der Waals surface area contributed by atoms with Gasteiger partial charge in [-0.1, -0.05) is 39.0 Å². The van der Waals surface area contributed by atoms with Crippen molar-refractivity contribution in [1.29, 1.82) is 0 Å². The normalized spacial score (nSPS) is 18.6. The number of hydrogen-bond donors (Lipinski definition) is 4. The first-order chi connectivity index (χ1) is 15.9. The Morgan fingerprint density at radius 2 is 1.24 bits per heavy atom. The molecule has 4 N–H and O–H groups in total. The third kappa shape index (κ3) is 5.40. The van der Waals surface area contributed by atoms with Crippen molar-refractivity contribution in [3.05, 3.63) is 83.5 Å². The van der Waals surface area contributed by atoms with Crippen LogP contribution in [-0.2, 0) is 30.0 Å². The van der Waals surface area contributed by atoms with Gasteiger partial charge in [-0.25, -0.2) is 9.59 Å². The molecule has 0 fully saturated rings. The maximum atomic E-state index is 12.1. The predicted molar refractivity (Wildman–Crippen MR) is 128 cm³/mol. The number of anilines is 2. The number of aliphatic carboxylic acids is 2. The Bertz CT molecular complexity index is 1210. The molecule has 3 rings (SSSR count). The molecule has 176 valence electrons. The molecule has 0 saturated heterocycles. The van der Waals surface area contributed by atoms with Gasteiger partial charge in [0.25, 0.3) is 0 Å². The highest BCUT2D eigenvalue weighted by Gasteiger charge is 2.45. The van der Waals surface area contributed by atoms with Crippen molar-refractivity contribution in [2.24, 2.45) is 0 Å². The van der Waals surface area contributed by atoms with Gasteiger partial charge in [-0.3, -0.25) is 9.59 Å². The van der Waals surface area contributed by atoms with E-state index >= 15 is 0 Å². The number of nitrogens with one attached hydrogen (secondary N) is 2. The number of fused-ring (bicyclic) bond motifs is 1. The minimum atomic E-state index is -1.20. The molecule has 0 aromatic heterocycles. The summed E-state index contributed by atoms with van der Waals surface area (Å²) in [6.07, 6.45) is 4.30. The molecule has 1 unspecified atom stereocenters. The quantitative estimate of drug-likeness (QED) is 0.462. The first kappa shape index (κ1) is 24.4. The molecule has 8 nitrogen and oxygen atoms in total. The van der Waals surface area contributed by atoms with E-state index in [0.29, 0.717) is 11.4 Å². The molecule has 2 aromatic rings. The number of carbonyl (C=O) groups excluding carboxylic acids is 2. The van der Waals surface area contributed by atoms with Gasteiger partial charge in [0.2, 0.25) is 11.8 Å². The summed E-state index contributed by atoms with van der Waals surface area (Å²) in [5.74, 6) is -3.46. The molecule has 0 saturated carbocycles. The molecule has 8 heteroatoms. The lowest BCUT2D eigenvalue weighted by Gasteiger charge is -2.29. The van der Waals surface area contributed by atoms with Gasteiger partial charge in [-0.2, -0.15) is 0 Å². The van der Waals surface area contributed by atoms with Crippen LogP contribution in [0.5, 0.6) is 0 Å². The van der Waals surface area contributed by atoms with Gasteiger partial charge in [0.15, 0.2) is 0 Å². The predicted octanol–water partition coefficient (Wildman–Crippen LogP) is 3.83. The summed E-state index contributed by atoms with van der Waals surface area (Å²) < 4.78 is 0. The summed E-state index contributed by atoms with van der Waals surface area (Å²) in [5, 5.41) is 22.7. The van der Waals surface area contributed by atoms with Crippen LogP contribution in [0.25, 0.3) is 0 Å². The van der Waals surface area contributed by atoms with E-state index in [0.717, 1.165) is 47.4 Å². The highest BCUT2D eigenvalue weighted by atomic mass is 16.4. The Hall–Kier alpha value is -4.20. The lowest BCUT2D eigenvalue weighted by atomic mass is 9.75. The van der Waals surface area contributed by atoms with Gasteiger partial charge in [0.1, 0.15) is 0 Å². The van der Waals surface area contributed by atoms with Crippen molar-refractivity contribution in [3.8, 4) is 0 Å². The van der Waals surface area contributed by atoms with E-state index in [2.05, 4.69) is 31.4 Å². The van der Waals surface area contributed by atoms with Crippen molar-refractivity contribution in [2.45, 2.75) is 38.0 Å². The largest absolute Gasteiger partial charge is 0.478 e. The molecule has 0 spiro atoms. The first-order valence-corrected chi connectivity index (χ1v) is 10.6. The molecule has 0 aliphatic heterocycles. The molecule has 1 atom stereocenters. The van der Waals surface area contributed by atoms with Crippen LogP contribution in [0.3, 0.4) is 0 Å². The van der Waals surface area contributed by atoms with Crippen molar-refractivity contribution in [2.75, 3.05) is 10.6 Å². The molecular weight excluding hydrogens is 436 g/mol. The van der Waals surface area contributed by atoms with Crippen LogP contribution in [0, 0.1) is 0 Å². The van der Waals surface area contributed by atoms with Crippen LogP contribution in [0.1, 0.15) is 43.9 Å². The molecule has 34 heavy (non-hydrogen) atoms. The van der Waals surface area contributed by atoms with E-state index in [1.54, 1.807) is 12.1 Å². The van der Waals surface area contributed by atoms with E-state index < -0.39 is 23.8 Å². The van der Waals surface area contributed by atoms with Crippen LogP contribution >= 0.6 is 0 Å². The minimum Gasteiger partial charge on any atom is -0.478 e. The van der Waals surface area contributed by atoms with E-state index in [-0.39, 0.29) is 10.8 Å². The molecule has 0 bridgehead atoms. The van der Waals surface area contributed by atoms with Gasteiger partial charge >= 0.3 is 11.9 Å². The van der Waals surface area contributed by atoms with E-state index in [1.807, 2.05) is 30.3 Å². The zero-order valence-electron chi connectivity index (χ0n) is 19.1. The average Bonchev–Trinajstić information content (AvgIpc) is 2.97. The fraction of sp³-hybridized carbons (Fsp3) is 0.231. The molecule has 2 amide bonds. The summed E-state index contributed by atoms with van der Waals surface area (Å²) >= 11 is 0. The highest BCUT2D eigenvalue weighted by Crippen LogP contribution is 2.53. The summed E-state index contributed by atoms with van der Waals surface area (Å²) in [6.45, 7) is 6.45. The molecular formula is C26H26N2O6. The zero-order valence-corrected chi connectivity index (χ0v) is 19.1. The van der Waals surface area contributed by atoms with E-state index in [1.165, 1.54) is 0 Å². The van der Waals surface area contributed by atoms with Crippen LogP contribution in [0.2, 0.25) is 0 Å². The summed E-state index contributed by atoms with van der Waals surface area (Å²) in [5.41, 5.74) is 3.84. The van der Waals surface area contributed by atoms with Gasteiger partial charge in [-0.15, -0.1) is 0 Å². The fourth-order valence-corrected chi connectivity index (χ4v) is 4.58. The number of hydrogen-bond acceptors (Lipinski definition) is 4. The number of benzene rings is 2. The number of carboxylic acids is 2. The van der Waals surface area contributed by atoms with Gasteiger partial charge in [0, 0.05) is 41.1 Å². The maximum absolute atomic E-state index is 12.1.